The van der Waals surface area contributed by atoms with Gasteiger partial charge in [-0.2, -0.15) is 0 Å². The Labute approximate surface area is 232 Å². The zero-order valence-electron chi connectivity index (χ0n) is 24.1. The molecule has 0 spiro atoms. The number of aryl methyl sites for hydroxylation is 2. The summed E-state index contributed by atoms with van der Waals surface area (Å²) in [6.07, 6.45) is 11.9. The van der Waals surface area contributed by atoms with E-state index in [-0.39, 0.29) is 11.8 Å². The van der Waals surface area contributed by atoms with Crippen LogP contribution >= 0.6 is 0 Å². The number of aliphatic imine (C=N–C) groups is 1. The van der Waals surface area contributed by atoms with E-state index in [0.717, 1.165) is 67.2 Å². The highest BCUT2D eigenvalue weighted by molar-refractivity contribution is 6.02. The van der Waals surface area contributed by atoms with Gasteiger partial charge in [0.1, 0.15) is 0 Å². The zero-order valence-corrected chi connectivity index (χ0v) is 24.1. The van der Waals surface area contributed by atoms with E-state index in [4.69, 9.17) is 9.73 Å². The number of nitrogens with zero attached hydrogens (tertiary/aromatic N) is 2. The van der Waals surface area contributed by atoms with Crippen LogP contribution in [0.4, 0.5) is 5.82 Å². The second-order valence-electron chi connectivity index (χ2n) is 11.5. The SMILES string of the molecule is CCc1ccc(C)c(C2C=c3c(C(C)=Nc4ccc(CC5CCOCCC5C)cn4)c(O)[nH]c3=CC2CC)c1. The van der Waals surface area contributed by atoms with Gasteiger partial charge in [-0.15, -0.1) is 0 Å². The van der Waals surface area contributed by atoms with Crippen molar-refractivity contribution in [1.29, 1.82) is 0 Å². The summed E-state index contributed by atoms with van der Waals surface area (Å²) in [4.78, 5) is 12.7. The van der Waals surface area contributed by atoms with E-state index in [2.05, 4.69) is 74.1 Å². The minimum atomic E-state index is 0.171. The first kappa shape index (κ1) is 27.4. The molecule has 2 N–H and O–H groups in total. The van der Waals surface area contributed by atoms with Crippen molar-refractivity contribution in [2.45, 2.75) is 72.6 Å². The normalized spacial score (nSPS) is 23.5. The van der Waals surface area contributed by atoms with Gasteiger partial charge in [-0.05, 0) is 92.0 Å². The van der Waals surface area contributed by atoms with E-state index in [9.17, 15) is 5.11 Å². The number of H-pyrrole nitrogens is 1. The standard InChI is InChI=1S/C34H43N3O2/c1-6-24-9-8-22(4)28(17-24)29-19-30-31(18-26(29)7-2)37-34(38)33(30)23(5)36-32-11-10-25(20-35-32)16-27-13-15-39-14-12-21(27)3/h8-11,17-21,26-27,29,37-38H,6-7,12-16H2,1-5H3. The van der Waals surface area contributed by atoms with Crippen LogP contribution in [0.25, 0.3) is 12.2 Å². The average Bonchev–Trinajstić information content (AvgIpc) is 3.13. The Balaban J connectivity index is 1.45. The van der Waals surface area contributed by atoms with Crippen LogP contribution in [-0.2, 0) is 17.6 Å². The van der Waals surface area contributed by atoms with Crippen LogP contribution in [0.5, 0.6) is 5.88 Å². The van der Waals surface area contributed by atoms with Gasteiger partial charge in [0.25, 0.3) is 0 Å². The monoisotopic (exact) mass is 525 g/mol. The molecule has 2 aromatic heterocycles. The Morgan fingerprint density at radius 2 is 1.90 bits per heavy atom. The molecule has 1 aliphatic carbocycles. The van der Waals surface area contributed by atoms with Gasteiger partial charge in [0.15, 0.2) is 11.7 Å². The van der Waals surface area contributed by atoms with Gasteiger partial charge >= 0.3 is 0 Å². The number of rotatable bonds is 7. The van der Waals surface area contributed by atoms with Crippen LogP contribution in [-0.4, -0.2) is 34.0 Å². The van der Waals surface area contributed by atoms with Gasteiger partial charge in [-0.1, -0.05) is 57.2 Å². The topological polar surface area (TPSA) is 70.5 Å². The second kappa shape index (κ2) is 11.9. The molecule has 4 atom stereocenters. The lowest BCUT2D eigenvalue weighted by atomic mass is 9.78. The highest BCUT2D eigenvalue weighted by Gasteiger charge is 2.25. The summed E-state index contributed by atoms with van der Waals surface area (Å²) in [5, 5.41) is 13.0. The number of benzene rings is 1. The fourth-order valence-corrected chi connectivity index (χ4v) is 6.34. The molecule has 1 aromatic carbocycles. The molecule has 3 aromatic rings. The predicted octanol–water partition coefficient (Wildman–Crippen LogP) is 6.12. The van der Waals surface area contributed by atoms with Crippen molar-refractivity contribution in [3.63, 3.8) is 0 Å². The number of fused-ring (bicyclic) bond motifs is 1. The molecule has 1 fully saturated rings. The van der Waals surface area contributed by atoms with Gasteiger partial charge in [0.05, 0.1) is 11.3 Å². The fourth-order valence-electron chi connectivity index (χ4n) is 6.34. The van der Waals surface area contributed by atoms with E-state index < -0.39 is 0 Å². The third-order valence-corrected chi connectivity index (χ3v) is 8.93. The smallest absolute Gasteiger partial charge is 0.198 e. The van der Waals surface area contributed by atoms with E-state index in [1.165, 1.54) is 22.3 Å². The first-order valence-electron chi connectivity index (χ1n) is 14.7. The van der Waals surface area contributed by atoms with Gasteiger partial charge in [0, 0.05) is 35.9 Å². The quantitative estimate of drug-likeness (QED) is 0.365. The van der Waals surface area contributed by atoms with Crippen molar-refractivity contribution < 1.29 is 9.84 Å². The van der Waals surface area contributed by atoms with Crippen molar-refractivity contribution in [3.8, 4) is 5.88 Å². The fraction of sp³-hybridized carbons (Fsp3) is 0.471. The van der Waals surface area contributed by atoms with E-state index in [1.807, 2.05) is 19.2 Å². The van der Waals surface area contributed by atoms with Crippen molar-refractivity contribution in [2.24, 2.45) is 22.7 Å². The largest absolute Gasteiger partial charge is 0.494 e. The maximum Gasteiger partial charge on any atom is 0.198 e. The predicted molar refractivity (Wildman–Crippen MR) is 160 cm³/mol. The molecule has 3 heterocycles. The molecule has 39 heavy (non-hydrogen) atoms. The molecule has 5 nitrogen and oxygen atoms in total. The van der Waals surface area contributed by atoms with Gasteiger partial charge in [-0.3, -0.25) is 0 Å². The van der Waals surface area contributed by atoms with Crippen LogP contribution in [0, 0.1) is 24.7 Å². The maximum absolute atomic E-state index is 11.0. The zero-order chi connectivity index (χ0) is 27.5. The van der Waals surface area contributed by atoms with Crippen molar-refractivity contribution in [3.05, 3.63) is 74.9 Å². The average molecular weight is 526 g/mol. The molecule has 0 radical (unpaired) electrons. The summed E-state index contributed by atoms with van der Waals surface area (Å²) in [5.74, 6) is 2.74. The lowest BCUT2D eigenvalue weighted by Gasteiger charge is -2.25. The first-order valence-corrected chi connectivity index (χ1v) is 14.7. The summed E-state index contributed by atoms with van der Waals surface area (Å²) in [5.41, 5.74) is 6.81. The highest BCUT2D eigenvalue weighted by Crippen LogP contribution is 2.34. The molecule has 5 rings (SSSR count). The number of aromatic nitrogens is 2. The van der Waals surface area contributed by atoms with Crippen LogP contribution in [0.3, 0.4) is 0 Å². The number of aromatic hydroxyl groups is 1. The van der Waals surface area contributed by atoms with Gasteiger partial charge in [0.2, 0.25) is 0 Å². The maximum atomic E-state index is 11.0. The summed E-state index contributed by atoms with van der Waals surface area (Å²) >= 11 is 0. The molecule has 4 unspecified atom stereocenters. The van der Waals surface area contributed by atoms with Crippen LogP contribution in [0.1, 0.15) is 80.7 Å². The van der Waals surface area contributed by atoms with E-state index in [0.29, 0.717) is 23.6 Å². The summed E-state index contributed by atoms with van der Waals surface area (Å²) in [7, 11) is 0. The molecular weight excluding hydrogens is 482 g/mol. The number of nitrogens with one attached hydrogen (secondary N) is 1. The number of pyridine rings is 1. The van der Waals surface area contributed by atoms with Gasteiger partial charge < -0.3 is 14.8 Å². The Hall–Kier alpha value is -3.18. The van der Waals surface area contributed by atoms with Crippen LogP contribution in [0.15, 0.2) is 41.5 Å². The molecule has 1 saturated heterocycles. The van der Waals surface area contributed by atoms with E-state index in [1.54, 1.807) is 0 Å². The third kappa shape index (κ3) is 5.89. The number of aromatic amines is 1. The second-order valence-corrected chi connectivity index (χ2v) is 11.5. The number of hydrogen-bond donors (Lipinski definition) is 2. The molecule has 0 amide bonds. The number of hydrogen-bond acceptors (Lipinski definition) is 4. The molecule has 0 bridgehead atoms. The third-order valence-electron chi connectivity index (χ3n) is 8.93. The van der Waals surface area contributed by atoms with E-state index >= 15 is 0 Å². The van der Waals surface area contributed by atoms with Crippen molar-refractivity contribution in [2.75, 3.05) is 13.2 Å². The molecule has 5 heteroatoms. The van der Waals surface area contributed by atoms with Gasteiger partial charge in [-0.25, -0.2) is 9.98 Å². The Morgan fingerprint density at radius 1 is 1.10 bits per heavy atom. The lowest BCUT2D eigenvalue weighted by molar-refractivity contribution is 0.140. The molecule has 206 valence electrons. The minimum Gasteiger partial charge on any atom is -0.494 e. The molecule has 1 aliphatic heterocycles. The molecule has 0 saturated carbocycles. The molecular formula is C34H43N3O2. The summed E-state index contributed by atoms with van der Waals surface area (Å²) in [6, 6.07) is 11.0. The summed E-state index contributed by atoms with van der Waals surface area (Å²) < 4.78 is 5.68. The van der Waals surface area contributed by atoms with Crippen molar-refractivity contribution >= 4 is 23.7 Å². The first-order chi connectivity index (χ1) is 18.9. The lowest BCUT2D eigenvalue weighted by Crippen LogP contribution is -2.33. The Kier molecular flexibility index (Phi) is 8.37. The highest BCUT2D eigenvalue weighted by atomic mass is 16.5. The van der Waals surface area contributed by atoms with Crippen LogP contribution in [0.2, 0.25) is 0 Å². The Morgan fingerprint density at radius 3 is 2.64 bits per heavy atom. The Bertz CT molecular complexity index is 1450. The number of ether oxygens (including phenoxy) is 1. The minimum absolute atomic E-state index is 0.171. The molecule has 2 aliphatic rings. The summed E-state index contributed by atoms with van der Waals surface area (Å²) in [6.45, 7) is 12.7. The van der Waals surface area contributed by atoms with Crippen molar-refractivity contribution in [1.82, 2.24) is 9.97 Å². The van der Waals surface area contributed by atoms with Crippen LogP contribution < -0.4 is 10.6 Å².